The third-order valence-electron chi connectivity index (χ3n) is 2.94. The molecule has 0 unspecified atom stereocenters. The fourth-order valence-corrected chi connectivity index (χ4v) is 1.78. The minimum absolute atomic E-state index is 0.194. The molecule has 3 nitrogen and oxygen atoms in total. The van der Waals surface area contributed by atoms with Gasteiger partial charge in [-0.05, 0) is 35.4 Å². The molecule has 0 bridgehead atoms. The van der Waals surface area contributed by atoms with E-state index in [0.29, 0.717) is 0 Å². The summed E-state index contributed by atoms with van der Waals surface area (Å²) in [6.07, 6.45) is 0. The summed E-state index contributed by atoms with van der Waals surface area (Å²) in [6.45, 7) is 1.69. The zero-order valence-electron chi connectivity index (χ0n) is 11.3. The highest BCUT2D eigenvalue weighted by atomic mass is 35.5. The number of ether oxygens (including phenoxy) is 1. The number of hydrogen-bond donors (Lipinski definition) is 1. The summed E-state index contributed by atoms with van der Waals surface area (Å²) >= 11 is 9.53. The van der Waals surface area contributed by atoms with Crippen LogP contribution in [-0.2, 0) is 4.79 Å². The molecule has 0 fully saturated rings. The first kappa shape index (κ1) is 16.6. The van der Waals surface area contributed by atoms with Crippen LogP contribution in [0.25, 0.3) is 10.8 Å². The fourth-order valence-electron chi connectivity index (χ4n) is 1.78. The summed E-state index contributed by atoms with van der Waals surface area (Å²) in [4.78, 5) is 10.9. The number of carboxylic acids is 1. The van der Waals surface area contributed by atoms with Crippen molar-refractivity contribution < 1.29 is 14.6 Å². The maximum atomic E-state index is 10.9. The topological polar surface area (TPSA) is 46.5 Å². The molecule has 0 aliphatic heterocycles. The minimum atomic E-state index is -0.808. The van der Waals surface area contributed by atoms with Crippen LogP contribution in [0.1, 0.15) is 18.4 Å². The number of benzene rings is 2. The lowest BCUT2D eigenvalue weighted by atomic mass is 9.98. The van der Waals surface area contributed by atoms with E-state index in [1.807, 2.05) is 36.4 Å². The van der Waals surface area contributed by atoms with Crippen LogP contribution in [0.4, 0.5) is 0 Å². The number of alkyl halides is 2. The lowest BCUT2D eigenvalue weighted by Crippen LogP contribution is -2.06. The Bertz CT molecular complexity index is 584. The van der Waals surface area contributed by atoms with Crippen molar-refractivity contribution in [2.45, 2.75) is 12.8 Å². The molecule has 1 N–H and O–H groups in total. The predicted molar refractivity (Wildman–Crippen MR) is 83.1 cm³/mol. The number of methoxy groups -OCH3 is 1. The molecule has 20 heavy (non-hydrogen) atoms. The van der Waals surface area contributed by atoms with Crippen molar-refractivity contribution in [1.82, 2.24) is 0 Å². The second-order valence-electron chi connectivity index (χ2n) is 4.13. The normalized spacial score (nSPS) is 11.4. The molecular weight excluding hydrogens is 299 g/mol. The van der Waals surface area contributed by atoms with Crippen LogP contribution >= 0.6 is 23.2 Å². The van der Waals surface area contributed by atoms with Gasteiger partial charge in [-0.25, -0.2) is 0 Å². The summed E-state index contributed by atoms with van der Waals surface area (Å²) in [5, 5.41) is 11.2. The van der Waals surface area contributed by atoms with E-state index in [9.17, 15) is 4.79 Å². The molecule has 0 radical (unpaired) electrons. The SMILES string of the molecule is COc1ccc2cc([C@H](C)C(=O)O)ccc2c1.ClCCl. The van der Waals surface area contributed by atoms with Crippen molar-refractivity contribution in [3.63, 3.8) is 0 Å². The van der Waals surface area contributed by atoms with Crippen molar-refractivity contribution in [3.8, 4) is 5.75 Å². The van der Waals surface area contributed by atoms with Gasteiger partial charge in [0.1, 0.15) is 5.75 Å². The van der Waals surface area contributed by atoms with E-state index in [2.05, 4.69) is 0 Å². The second kappa shape index (κ2) is 7.98. The van der Waals surface area contributed by atoms with E-state index >= 15 is 0 Å². The average molecular weight is 315 g/mol. The zero-order valence-corrected chi connectivity index (χ0v) is 12.8. The highest BCUT2D eigenvalue weighted by molar-refractivity contribution is 6.40. The molecule has 0 heterocycles. The number of rotatable bonds is 3. The van der Waals surface area contributed by atoms with Gasteiger partial charge in [0.2, 0.25) is 0 Å². The van der Waals surface area contributed by atoms with Gasteiger partial charge in [0.25, 0.3) is 0 Å². The Morgan fingerprint density at radius 1 is 1.20 bits per heavy atom. The van der Waals surface area contributed by atoms with Gasteiger partial charge in [0, 0.05) is 0 Å². The Labute approximate surface area is 128 Å². The molecule has 1 atom stereocenters. The summed E-state index contributed by atoms with van der Waals surface area (Å²) in [5.41, 5.74) is 0.815. The average Bonchev–Trinajstić information content (AvgIpc) is 2.46. The van der Waals surface area contributed by atoms with Gasteiger partial charge in [0.05, 0.1) is 18.4 Å². The highest BCUT2D eigenvalue weighted by Crippen LogP contribution is 2.25. The van der Waals surface area contributed by atoms with Gasteiger partial charge in [-0.2, -0.15) is 0 Å². The summed E-state index contributed by atoms with van der Waals surface area (Å²) in [6, 6.07) is 11.4. The molecule has 2 aromatic carbocycles. The van der Waals surface area contributed by atoms with Gasteiger partial charge < -0.3 is 9.84 Å². The molecule has 5 heteroatoms. The number of halogens is 2. The molecule has 0 aromatic heterocycles. The van der Waals surface area contributed by atoms with Crippen LogP contribution in [0, 0.1) is 0 Å². The van der Waals surface area contributed by atoms with E-state index in [0.717, 1.165) is 22.1 Å². The predicted octanol–water partition coefficient (Wildman–Crippen LogP) is 4.46. The maximum absolute atomic E-state index is 10.9. The first-order valence-corrected chi connectivity index (χ1v) is 7.02. The van der Waals surface area contributed by atoms with E-state index in [-0.39, 0.29) is 5.34 Å². The van der Waals surface area contributed by atoms with E-state index in [1.165, 1.54) is 0 Å². The van der Waals surface area contributed by atoms with Crippen LogP contribution < -0.4 is 4.74 Å². The number of carboxylic acid groups (broad SMARTS) is 1. The third-order valence-corrected chi connectivity index (χ3v) is 2.94. The second-order valence-corrected chi connectivity index (χ2v) is 4.94. The van der Waals surface area contributed by atoms with Crippen LogP contribution in [0.3, 0.4) is 0 Å². The van der Waals surface area contributed by atoms with Crippen LogP contribution in [0.2, 0.25) is 0 Å². The van der Waals surface area contributed by atoms with Gasteiger partial charge in [-0.3, -0.25) is 4.79 Å². The van der Waals surface area contributed by atoms with E-state index in [4.69, 9.17) is 33.0 Å². The third kappa shape index (κ3) is 4.29. The minimum Gasteiger partial charge on any atom is -0.497 e. The molecule has 108 valence electrons. The quantitative estimate of drug-likeness (QED) is 0.851. The van der Waals surface area contributed by atoms with Gasteiger partial charge >= 0.3 is 5.97 Å². The Kier molecular flexibility index (Phi) is 6.62. The first-order valence-electron chi connectivity index (χ1n) is 5.96. The monoisotopic (exact) mass is 314 g/mol. The summed E-state index contributed by atoms with van der Waals surface area (Å²) in [5.74, 6) is -0.490. The largest absolute Gasteiger partial charge is 0.497 e. The first-order chi connectivity index (χ1) is 9.53. The lowest BCUT2D eigenvalue weighted by molar-refractivity contribution is -0.138. The smallest absolute Gasteiger partial charge is 0.310 e. The van der Waals surface area contributed by atoms with Crippen LogP contribution in [-0.4, -0.2) is 23.5 Å². The Balaban J connectivity index is 0.000000612. The highest BCUT2D eigenvalue weighted by Gasteiger charge is 2.13. The van der Waals surface area contributed by atoms with Crippen molar-refractivity contribution in [1.29, 1.82) is 0 Å². The lowest BCUT2D eigenvalue weighted by Gasteiger charge is -2.08. The number of fused-ring (bicyclic) bond motifs is 1. The molecule has 2 rings (SSSR count). The molecule has 0 amide bonds. The Morgan fingerprint density at radius 3 is 2.30 bits per heavy atom. The van der Waals surface area contributed by atoms with Crippen LogP contribution in [0.15, 0.2) is 36.4 Å². The molecule has 0 saturated heterocycles. The van der Waals surface area contributed by atoms with Crippen molar-refractivity contribution in [3.05, 3.63) is 42.0 Å². The van der Waals surface area contributed by atoms with E-state index in [1.54, 1.807) is 14.0 Å². The van der Waals surface area contributed by atoms with Gasteiger partial charge in [0.15, 0.2) is 0 Å². The van der Waals surface area contributed by atoms with Crippen molar-refractivity contribution >= 4 is 39.9 Å². The van der Waals surface area contributed by atoms with E-state index < -0.39 is 11.9 Å². The van der Waals surface area contributed by atoms with Gasteiger partial charge in [-0.15, -0.1) is 23.2 Å². The van der Waals surface area contributed by atoms with Crippen LogP contribution in [0.5, 0.6) is 5.75 Å². The molecule has 0 aliphatic carbocycles. The molecular formula is C15H16Cl2O3. The number of aliphatic carboxylic acids is 1. The number of hydrogen-bond acceptors (Lipinski definition) is 2. The van der Waals surface area contributed by atoms with Crippen molar-refractivity contribution in [2.24, 2.45) is 0 Å². The Morgan fingerprint density at radius 2 is 1.75 bits per heavy atom. The maximum Gasteiger partial charge on any atom is 0.310 e. The summed E-state index contributed by atoms with van der Waals surface area (Å²) in [7, 11) is 1.63. The Hall–Kier alpha value is -1.45. The molecule has 0 saturated carbocycles. The zero-order chi connectivity index (χ0) is 15.1. The summed E-state index contributed by atoms with van der Waals surface area (Å²) < 4.78 is 5.14. The van der Waals surface area contributed by atoms with Gasteiger partial charge in [-0.1, -0.05) is 24.3 Å². The molecule has 0 aliphatic rings. The molecule has 2 aromatic rings. The number of carbonyl (C=O) groups is 1. The standard InChI is InChI=1S/C14H14O3.CH2Cl2/c1-9(14(15)16)10-3-4-12-8-13(17-2)6-5-11(12)7-10;2-1-3/h3-9H,1-2H3,(H,15,16);1H2/t9-;/m0./s1. The van der Waals surface area contributed by atoms with Crippen molar-refractivity contribution in [2.75, 3.05) is 12.4 Å². The molecule has 0 spiro atoms. The fraction of sp³-hybridized carbons (Fsp3) is 0.267.